The van der Waals surface area contributed by atoms with Gasteiger partial charge in [-0.05, 0) is 47.3 Å². The van der Waals surface area contributed by atoms with Gasteiger partial charge in [0.1, 0.15) is 5.92 Å². The van der Waals surface area contributed by atoms with Gasteiger partial charge in [0.2, 0.25) is 5.91 Å². The lowest BCUT2D eigenvalue weighted by atomic mass is 10.1. The predicted molar refractivity (Wildman–Crippen MR) is 86.0 cm³/mol. The lowest BCUT2D eigenvalue weighted by molar-refractivity contribution is -0.154. The van der Waals surface area contributed by atoms with Crippen molar-refractivity contribution in [3.63, 3.8) is 0 Å². The lowest BCUT2D eigenvalue weighted by Crippen LogP contribution is -2.33. The van der Waals surface area contributed by atoms with Crippen molar-refractivity contribution in [2.75, 3.05) is 11.4 Å². The second-order valence-corrected chi connectivity index (χ2v) is 6.50. The minimum atomic E-state index is -0.748. The first-order chi connectivity index (χ1) is 10.6. The summed E-state index contributed by atoms with van der Waals surface area (Å²) in [6.07, 6.45) is 7.36. The maximum absolute atomic E-state index is 12.5. The van der Waals surface area contributed by atoms with Crippen LogP contribution in [0.15, 0.2) is 28.7 Å². The van der Waals surface area contributed by atoms with Crippen molar-refractivity contribution in [3.05, 3.63) is 28.7 Å². The summed E-state index contributed by atoms with van der Waals surface area (Å²) in [5.74, 6) is 1.32. The number of rotatable bonds is 4. The van der Waals surface area contributed by atoms with Crippen LogP contribution in [0.3, 0.4) is 0 Å². The highest BCUT2D eigenvalue weighted by molar-refractivity contribution is 9.10. The smallest absolute Gasteiger partial charge is 0.319 e. The van der Waals surface area contributed by atoms with E-state index in [1.165, 1.54) is 0 Å². The molecule has 1 amide bonds. The van der Waals surface area contributed by atoms with Crippen LogP contribution >= 0.6 is 15.9 Å². The Balaban J connectivity index is 1.69. The average molecular weight is 362 g/mol. The lowest BCUT2D eigenvalue weighted by Gasteiger charge is -2.18. The van der Waals surface area contributed by atoms with Gasteiger partial charge in [-0.3, -0.25) is 9.59 Å². The number of benzene rings is 1. The monoisotopic (exact) mass is 361 g/mol. The molecule has 0 radical (unpaired) electrons. The highest BCUT2D eigenvalue weighted by Crippen LogP contribution is 2.36. The van der Waals surface area contributed by atoms with E-state index in [2.05, 4.69) is 21.9 Å². The van der Waals surface area contributed by atoms with E-state index in [4.69, 9.17) is 11.2 Å². The molecule has 2 fully saturated rings. The van der Waals surface area contributed by atoms with Gasteiger partial charge in [-0.15, -0.1) is 6.42 Å². The molecule has 22 heavy (non-hydrogen) atoms. The minimum absolute atomic E-state index is 0.219. The van der Waals surface area contributed by atoms with E-state index in [0.29, 0.717) is 13.0 Å². The van der Waals surface area contributed by atoms with Gasteiger partial charge in [0, 0.05) is 16.9 Å². The first-order valence-electron chi connectivity index (χ1n) is 7.34. The van der Waals surface area contributed by atoms with Gasteiger partial charge < -0.3 is 9.64 Å². The van der Waals surface area contributed by atoms with Crippen LogP contribution in [-0.2, 0) is 14.3 Å². The maximum atomic E-state index is 12.5. The fraction of sp³-hybridized carbons (Fsp3) is 0.412. The molecule has 1 aromatic carbocycles. The molecule has 1 saturated carbocycles. The number of esters is 1. The molecular weight excluding hydrogens is 346 g/mol. The molecule has 0 N–H and O–H groups in total. The third kappa shape index (κ3) is 2.89. The molecule has 1 saturated heterocycles. The molecule has 2 aliphatic rings. The number of amides is 1. The van der Waals surface area contributed by atoms with E-state index >= 15 is 0 Å². The summed E-state index contributed by atoms with van der Waals surface area (Å²) in [4.78, 5) is 26.4. The van der Waals surface area contributed by atoms with Crippen molar-refractivity contribution in [3.8, 4) is 12.3 Å². The number of carbonyl (C=O) groups is 2. The first-order valence-corrected chi connectivity index (χ1v) is 8.13. The Hall–Kier alpha value is -1.80. The Labute approximate surface area is 137 Å². The molecule has 3 rings (SSSR count). The number of hydrogen-bond acceptors (Lipinski definition) is 3. The number of nitrogens with zero attached hydrogens (tertiary/aromatic N) is 1. The molecule has 0 bridgehead atoms. The van der Waals surface area contributed by atoms with Crippen molar-refractivity contribution >= 4 is 33.5 Å². The third-order valence-electron chi connectivity index (χ3n) is 4.09. The Morgan fingerprint density at radius 2 is 2.09 bits per heavy atom. The minimum Gasteiger partial charge on any atom is -0.448 e. The Morgan fingerprint density at radius 3 is 2.73 bits per heavy atom. The molecule has 2 unspecified atom stereocenters. The number of para-hydroxylation sites is 1. The average Bonchev–Trinajstić information content (AvgIpc) is 3.28. The first kappa shape index (κ1) is 15.1. The van der Waals surface area contributed by atoms with Gasteiger partial charge in [-0.1, -0.05) is 18.1 Å². The summed E-state index contributed by atoms with van der Waals surface area (Å²) in [7, 11) is 0. The number of ether oxygens (including phenoxy) is 1. The van der Waals surface area contributed by atoms with Crippen LogP contribution in [-0.4, -0.2) is 24.5 Å². The second-order valence-electron chi connectivity index (χ2n) is 5.64. The molecule has 1 aliphatic carbocycles. The van der Waals surface area contributed by atoms with E-state index < -0.39 is 18.0 Å². The normalized spacial score (nSPS) is 22.3. The summed E-state index contributed by atoms with van der Waals surface area (Å²) in [5, 5.41) is 0. The zero-order valence-corrected chi connectivity index (χ0v) is 13.6. The highest BCUT2D eigenvalue weighted by atomic mass is 79.9. The van der Waals surface area contributed by atoms with Crippen molar-refractivity contribution in [1.82, 2.24) is 0 Å². The molecule has 0 aromatic heterocycles. The van der Waals surface area contributed by atoms with E-state index in [9.17, 15) is 9.59 Å². The number of anilines is 1. The zero-order valence-electron chi connectivity index (χ0n) is 12.0. The fourth-order valence-corrected chi connectivity index (χ4v) is 3.18. The molecular formula is C17H16BrNO3. The van der Waals surface area contributed by atoms with E-state index in [-0.39, 0.29) is 11.8 Å². The fourth-order valence-electron chi connectivity index (χ4n) is 2.68. The molecule has 2 atom stereocenters. The maximum Gasteiger partial charge on any atom is 0.319 e. The standard InChI is InChI=1S/C17H16BrNO3/c1-2-15(11-7-8-11)22-17(21)12-9-10-19(16(12)20)14-6-4-3-5-13(14)18/h1,3-6,11-12,15H,7-10H2. The Morgan fingerprint density at radius 1 is 1.36 bits per heavy atom. The van der Waals surface area contributed by atoms with Gasteiger partial charge in [-0.2, -0.15) is 0 Å². The summed E-state index contributed by atoms with van der Waals surface area (Å²) in [6, 6.07) is 7.47. The predicted octanol–water partition coefficient (Wildman–Crippen LogP) is 2.76. The van der Waals surface area contributed by atoms with Gasteiger partial charge in [0.05, 0.1) is 5.69 Å². The molecule has 114 valence electrons. The van der Waals surface area contributed by atoms with E-state index in [0.717, 1.165) is 23.0 Å². The highest BCUT2D eigenvalue weighted by Gasteiger charge is 2.41. The van der Waals surface area contributed by atoms with Crippen molar-refractivity contribution in [1.29, 1.82) is 0 Å². The van der Waals surface area contributed by atoms with Crippen molar-refractivity contribution in [2.24, 2.45) is 11.8 Å². The number of carbonyl (C=O) groups excluding carboxylic acids is 2. The van der Waals surface area contributed by atoms with Crippen LogP contribution in [0.5, 0.6) is 0 Å². The zero-order chi connectivity index (χ0) is 15.7. The molecule has 1 aliphatic heterocycles. The number of hydrogen-bond donors (Lipinski definition) is 0. The Kier molecular flexibility index (Phi) is 4.21. The summed E-state index contributed by atoms with van der Waals surface area (Å²) in [5.41, 5.74) is 0.776. The van der Waals surface area contributed by atoms with E-state index in [1.807, 2.05) is 24.3 Å². The van der Waals surface area contributed by atoms with Crippen LogP contribution in [0.4, 0.5) is 5.69 Å². The largest absolute Gasteiger partial charge is 0.448 e. The molecule has 5 heteroatoms. The summed E-state index contributed by atoms with van der Waals surface area (Å²) in [6.45, 7) is 0.505. The third-order valence-corrected chi connectivity index (χ3v) is 4.76. The van der Waals surface area contributed by atoms with Gasteiger partial charge in [-0.25, -0.2) is 0 Å². The molecule has 1 heterocycles. The van der Waals surface area contributed by atoms with Crippen LogP contribution in [0, 0.1) is 24.2 Å². The van der Waals surface area contributed by atoms with Crippen LogP contribution in [0.1, 0.15) is 19.3 Å². The second kappa shape index (κ2) is 6.13. The van der Waals surface area contributed by atoms with E-state index in [1.54, 1.807) is 4.90 Å². The molecule has 4 nitrogen and oxygen atoms in total. The van der Waals surface area contributed by atoms with Crippen LogP contribution in [0.2, 0.25) is 0 Å². The van der Waals surface area contributed by atoms with Crippen LogP contribution < -0.4 is 4.90 Å². The Bertz CT molecular complexity index is 648. The SMILES string of the molecule is C#CC(OC(=O)C1CCN(c2ccccc2Br)C1=O)C1CC1. The van der Waals surface area contributed by atoms with Gasteiger partial charge in [0.25, 0.3) is 0 Å². The topological polar surface area (TPSA) is 46.6 Å². The van der Waals surface area contributed by atoms with Gasteiger partial charge in [0.15, 0.2) is 6.10 Å². The molecule has 1 aromatic rings. The summed E-state index contributed by atoms with van der Waals surface area (Å²) < 4.78 is 6.19. The van der Waals surface area contributed by atoms with Crippen LogP contribution in [0.25, 0.3) is 0 Å². The number of halogens is 1. The molecule has 0 spiro atoms. The van der Waals surface area contributed by atoms with Crippen molar-refractivity contribution in [2.45, 2.75) is 25.4 Å². The summed E-state index contributed by atoms with van der Waals surface area (Å²) >= 11 is 3.43. The van der Waals surface area contributed by atoms with Gasteiger partial charge >= 0.3 is 5.97 Å². The number of terminal acetylenes is 1. The van der Waals surface area contributed by atoms with Crippen molar-refractivity contribution < 1.29 is 14.3 Å². The quantitative estimate of drug-likeness (QED) is 0.470.